The maximum Gasteiger partial charge on any atom is 0.258 e. The first-order chi connectivity index (χ1) is 13.0. The van der Waals surface area contributed by atoms with Gasteiger partial charge in [-0.2, -0.15) is 0 Å². The standard InChI is InChI=1S/C19H18Cl3N3OS/c20-12-7-8-13(15(22)11-12)18(26)24-19(27)23-16-6-4-5-14(21)17(16)25-9-2-1-3-10-25/h4-8,11H,1-3,9-10H2,(H2,23,24,26,27). The molecule has 142 valence electrons. The van der Waals surface area contributed by atoms with E-state index in [-0.39, 0.29) is 10.1 Å². The van der Waals surface area contributed by atoms with E-state index in [9.17, 15) is 4.79 Å². The van der Waals surface area contributed by atoms with Gasteiger partial charge in [0.1, 0.15) is 0 Å². The fourth-order valence-corrected chi connectivity index (χ4v) is 4.04. The molecule has 0 radical (unpaired) electrons. The molecule has 1 saturated heterocycles. The summed E-state index contributed by atoms with van der Waals surface area (Å²) in [5.74, 6) is -0.407. The van der Waals surface area contributed by atoms with Gasteiger partial charge in [0.25, 0.3) is 5.91 Å². The number of hydrogen-bond acceptors (Lipinski definition) is 3. The third-order valence-corrected chi connectivity index (χ3v) is 5.37. The van der Waals surface area contributed by atoms with E-state index in [0.717, 1.165) is 37.3 Å². The van der Waals surface area contributed by atoms with E-state index in [2.05, 4.69) is 15.5 Å². The largest absolute Gasteiger partial charge is 0.369 e. The second-order valence-electron chi connectivity index (χ2n) is 6.22. The molecule has 1 aliphatic heterocycles. The first-order valence-corrected chi connectivity index (χ1v) is 10.1. The number of nitrogens with one attached hydrogen (secondary N) is 2. The average Bonchev–Trinajstić information content (AvgIpc) is 2.62. The lowest BCUT2D eigenvalue weighted by Gasteiger charge is -2.31. The molecule has 2 N–H and O–H groups in total. The van der Waals surface area contributed by atoms with Crippen LogP contribution in [0.25, 0.3) is 0 Å². The Morgan fingerprint density at radius 3 is 2.44 bits per heavy atom. The number of rotatable bonds is 3. The quantitative estimate of drug-likeness (QED) is 0.593. The molecule has 2 aromatic rings. The zero-order valence-corrected chi connectivity index (χ0v) is 17.5. The lowest BCUT2D eigenvalue weighted by molar-refractivity contribution is 0.0978. The Morgan fingerprint density at radius 1 is 1.00 bits per heavy atom. The third-order valence-electron chi connectivity index (χ3n) is 4.31. The summed E-state index contributed by atoms with van der Waals surface area (Å²) in [7, 11) is 0. The smallest absolute Gasteiger partial charge is 0.258 e. The van der Waals surface area contributed by atoms with Gasteiger partial charge in [-0.1, -0.05) is 40.9 Å². The number of halogens is 3. The molecular formula is C19H18Cl3N3OS. The first-order valence-electron chi connectivity index (χ1n) is 8.56. The molecule has 0 atom stereocenters. The molecule has 0 aromatic heterocycles. The van der Waals surface area contributed by atoms with E-state index in [1.807, 2.05) is 18.2 Å². The maximum absolute atomic E-state index is 12.4. The molecule has 0 aliphatic carbocycles. The van der Waals surface area contributed by atoms with Crippen molar-refractivity contribution in [2.75, 3.05) is 23.3 Å². The van der Waals surface area contributed by atoms with E-state index in [4.69, 9.17) is 47.0 Å². The van der Waals surface area contributed by atoms with E-state index >= 15 is 0 Å². The van der Waals surface area contributed by atoms with Crippen molar-refractivity contribution in [1.82, 2.24) is 5.32 Å². The fourth-order valence-electron chi connectivity index (χ4n) is 3.05. The summed E-state index contributed by atoms with van der Waals surface area (Å²) in [6, 6.07) is 10.3. The van der Waals surface area contributed by atoms with Crippen LogP contribution in [0.5, 0.6) is 0 Å². The number of piperidine rings is 1. The van der Waals surface area contributed by atoms with Crippen molar-refractivity contribution in [3.8, 4) is 0 Å². The van der Waals surface area contributed by atoms with Crippen molar-refractivity contribution in [1.29, 1.82) is 0 Å². The number of carbonyl (C=O) groups excluding carboxylic acids is 1. The van der Waals surface area contributed by atoms with Gasteiger partial charge in [-0.05, 0) is 61.8 Å². The summed E-state index contributed by atoms with van der Waals surface area (Å²) in [4.78, 5) is 14.7. The van der Waals surface area contributed by atoms with Crippen LogP contribution in [-0.4, -0.2) is 24.1 Å². The minimum Gasteiger partial charge on any atom is -0.369 e. The van der Waals surface area contributed by atoms with Gasteiger partial charge in [0.2, 0.25) is 0 Å². The topological polar surface area (TPSA) is 44.4 Å². The van der Waals surface area contributed by atoms with E-state index in [0.29, 0.717) is 15.6 Å². The summed E-state index contributed by atoms with van der Waals surface area (Å²) >= 11 is 23.7. The van der Waals surface area contributed by atoms with Crippen molar-refractivity contribution in [2.24, 2.45) is 0 Å². The molecule has 0 spiro atoms. The molecule has 1 aliphatic rings. The molecule has 0 bridgehead atoms. The van der Waals surface area contributed by atoms with Crippen LogP contribution in [0.15, 0.2) is 36.4 Å². The molecule has 0 saturated carbocycles. The van der Waals surface area contributed by atoms with Crippen LogP contribution in [0.2, 0.25) is 15.1 Å². The van der Waals surface area contributed by atoms with Crippen molar-refractivity contribution in [3.05, 3.63) is 57.0 Å². The number of amides is 1. The third kappa shape index (κ3) is 5.05. The minimum atomic E-state index is -0.407. The summed E-state index contributed by atoms with van der Waals surface area (Å²) < 4.78 is 0. The summed E-state index contributed by atoms with van der Waals surface area (Å²) in [6.07, 6.45) is 3.47. The van der Waals surface area contributed by atoms with Gasteiger partial charge in [-0.15, -0.1) is 0 Å². The molecule has 4 nitrogen and oxygen atoms in total. The monoisotopic (exact) mass is 441 g/mol. The SMILES string of the molecule is O=C(NC(=S)Nc1cccc(Cl)c1N1CCCCC1)c1ccc(Cl)cc1Cl. The Balaban J connectivity index is 1.74. The Labute approximate surface area is 178 Å². The van der Waals surface area contributed by atoms with Crippen molar-refractivity contribution in [2.45, 2.75) is 19.3 Å². The molecule has 2 aromatic carbocycles. The Morgan fingerprint density at radius 2 is 1.74 bits per heavy atom. The zero-order chi connectivity index (χ0) is 19.4. The first kappa shape index (κ1) is 20.2. The van der Waals surface area contributed by atoms with E-state index in [1.165, 1.54) is 12.5 Å². The number of carbonyl (C=O) groups is 1. The second kappa shape index (κ2) is 9.11. The van der Waals surface area contributed by atoms with Gasteiger partial charge in [-0.3, -0.25) is 10.1 Å². The average molecular weight is 443 g/mol. The Kier molecular flexibility index (Phi) is 6.82. The summed E-state index contributed by atoms with van der Waals surface area (Å²) in [6.45, 7) is 1.88. The molecule has 3 rings (SSSR count). The van der Waals surface area contributed by atoms with Gasteiger partial charge >= 0.3 is 0 Å². The zero-order valence-electron chi connectivity index (χ0n) is 14.4. The Hall–Kier alpha value is -1.53. The second-order valence-corrected chi connectivity index (χ2v) is 7.88. The van der Waals surface area contributed by atoms with Crippen LogP contribution in [-0.2, 0) is 0 Å². The van der Waals surface area contributed by atoms with E-state index < -0.39 is 5.91 Å². The molecule has 8 heteroatoms. The molecule has 1 heterocycles. The number of thiocarbonyl (C=S) groups is 1. The number of benzene rings is 2. The normalized spacial score (nSPS) is 14.0. The van der Waals surface area contributed by atoms with Crippen LogP contribution in [0, 0.1) is 0 Å². The predicted octanol–water partition coefficient (Wildman–Crippen LogP) is 5.76. The fraction of sp³-hybridized carbons (Fsp3) is 0.263. The molecule has 1 fully saturated rings. The number of hydrogen-bond donors (Lipinski definition) is 2. The van der Waals surface area contributed by atoms with Crippen molar-refractivity contribution in [3.63, 3.8) is 0 Å². The molecule has 1 amide bonds. The molecule has 0 unspecified atom stereocenters. The number of nitrogens with zero attached hydrogens (tertiary/aromatic N) is 1. The van der Waals surface area contributed by atoms with Crippen LogP contribution in [0.4, 0.5) is 11.4 Å². The van der Waals surface area contributed by atoms with Gasteiger partial charge in [0, 0.05) is 18.1 Å². The van der Waals surface area contributed by atoms with Gasteiger partial charge < -0.3 is 10.2 Å². The lowest BCUT2D eigenvalue weighted by atomic mass is 10.1. The predicted molar refractivity (Wildman–Crippen MR) is 118 cm³/mol. The molecule has 27 heavy (non-hydrogen) atoms. The highest BCUT2D eigenvalue weighted by Crippen LogP contribution is 2.35. The van der Waals surface area contributed by atoms with Gasteiger partial charge in [0.05, 0.1) is 27.0 Å². The van der Waals surface area contributed by atoms with Crippen LogP contribution in [0.3, 0.4) is 0 Å². The van der Waals surface area contributed by atoms with Crippen LogP contribution in [0.1, 0.15) is 29.6 Å². The Bertz CT molecular complexity index is 869. The minimum absolute atomic E-state index is 0.173. The highest BCUT2D eigenvalue weighted by molar-refractivity contribution is 7.80. The van der Waals surface area contributed by atoms with Gasteiger partial charge in [-0.25, -0.2) is 0 Å². The van der Waals surface area contributed by atoms with Gasteiger partial charge in [0.15, 0.2) is 5.11 Å². The summed E-state index contributed by atoms with van der Waals surface area (Å²) in [5, 5.41) is 7.28. The molecular weight excluding hydrogens is 425 g/mol. The lowest BCUT2D eigenvalue weighted by Crippen LogP contribution is -2.35. The number of anilines is 2. The van der Waals surface area contributed by atoms with E-state index in [1.54, 1.807) is 12.1 Å². The highest BCUT2D eigenvalue weighted by atomic mass is 35.5. The summed E-state index contributed by atoms with van der Waals surface area (Å²) in [5.41, 5.74) is 1.96. The van der Waals surface area contributed by atoms with Crippen molar-refractivity contribution >= 4 is 69.4 Å². The maximum atomic E-state index is 12.4. The van der Waals surface area contributed by atoms with Crippen LogP contribution < -0.4 is 15.5 Å². The number of para-hydroxylation sites is 1. The van der Waals surface area contributed by atoms with Crippen molar-refractivity contribution < 1.29 is 4.79 Å². The highest BCUT2D eigenvalue weighted by Gasteiger charge is 2.19. The van der Waals surface area contributed by atoms with Crippen LogP contribution >= 0.6 is 47.0 Å².